The van der Waals surface area contributed by atoms with Crippen LogP contribution in [0.2, 0.25) is 0 Å². The number of amides is 1. The van der Waals surface area contributed by atoms with Gasteiger partial charge in [0.2, 0.25) is 5.91 Å². The van der Waals surface area contributed by atoms with Crippen molar-refractivity contribution in [3.8, 4) is 0 Å². The van der Waals surface area contributed by atoms with Crippen molar-refractivity contribution in [3.63, 3.8) is 0 Å². The quantitative estimate of drug-likeness (QED) is 0.793. The van der Waals surface area contributed by atoms with Gasteiger partial charge in [-0.2, -0.15) is 0 Å². The van der Waals surface area contributed by atoms with Gasteiger partial charge in [0, 0.05) is 22.8 Å². The maximum atomic E-state index is 13.5. The van der Waals surface area contributed by atoms with Crippen LogP contribution in [0.15, 0.2) is 36.5 Å². The number of fused-ring (bicyclic) bond motifs is 1. The summed E-state index contributed by atoms with van der Waals surface area (Å²) in [5, 5.41) is 4.30. The highest BCUT2D eigenvalue weighted by molar-refractivity contribution is 5.97. The van der Waals surface area contributed by atoms with E-state index in [1.54, 1.807) is 6.20 Å². The molecule has 1 aromatic heterocycles. The van der Waals surface area contributed by atoms with E-state index in [9.17, 15) is 4.79 Å². The number of hydrogen-bond donors (Lipinski definition) is 1. The molecule has 1 amide bonds. The molecule has 4 rings (SSSR count). The van der Waals surface area contributed by atoms with E-state index in [0.717, 1.165) is 29.6 Å². The second-order valence-electron chi connectivity index (χ2n) is 9.56. The molecule has 1 saturated carbocycles. The van der Waals surface area contributed by atoms with Crippen LogP contribution in [-0.4, -0.2) is 33.9 Å². The first-order valence-electron chi connectivity index (χ1n) is 10.9. The lowest BCUT2D eigenvalue weighted by molar-refractivity contribution is -0.124. The number of hydrogen-bond acceptors (Lipinski definition) is 3. The maximum Gasteiger partial charge on any atom is 0.242 e. The Morgan fingerprint density at radius 2 is 1.89 bits per heavy atom. The number of aromatic nitrogens is 1. The van der Waals surface area contributed by atoms with E-state index < -0.39 is 0 Å². The van der Waals surface area contributed by atoms with Crippen molar-refractivity contribution in [3.05, 3.63) is 36.5 Å². The number of pyridine rings is 1. The first-order chi connectivity index (χ1) is 13.4. The summed E-state index contributed by atoms with van der Waals surface area (Å²) in [5.74, 6) is 1.32. The number of anilines is 1. The third-order valence-electron chi connectivity index (χ3n) is 6.70. The molecule has 150 valence electrons. The van der Waals surface area contributed by atoms with Crippen molar-refractivity contribution in [2.75, 3.05) is 11.9 Å². The van der Waals surface area contributed by atoms with Gasteiger partial charge in [0.15, 0.2) is 0 Å². The lowest BCUT2D eigenvalue weighted by atomic mass is 9.76. The predicted molar refractivity (Wildman–Crippen MR) is 115 cm³/mol. The van der Waals surface area contributed by atoms with Gasteiger partial charge in [0.25, 0.3) is 0 Å². The molecule has 0 unspecified atom stereocenters. The number of nitrogens with zero attached hydrogens (tertiary/aromatic N) is 2. The second kappa shape index (κ2) is 7.82. The molecule has 1 aliphatic heterocycles. The number of likely N-dealkylation sites (tertiary alicyclic amines) is 1. The molecule has 1 saturated heterocycles. The van der Waals surface area contributed by atoms with Crippen molar-refractivity contribution in [1.29, 1.82) is 0 Å². The molecule has 4 heteroatoms. The molecule has 2 heterocycles. The largest absolute Gasteiger partial charge is 0.325 e. The zero-order chi connectivity index (χ0) is 19.7. The zero-order valence-corrected chi connectivity index (χ0v) is 17.4. The molecule has 2 atom stereocenters. The van der Waals surface area contributed by atoms with Crippen LogP contribution in [0.4, 0.5) is 5.69 Å². The minimum atomic E-state index is -0.0345. The second-order valence-corrected chi connectivity index (χ2v) is 9.56. The Balaban J connectivity index is 1.58. The molecule has 2 aliphatic rings. The monoisotopic (exact) mass is 379 g/mol. The molecular formula is C24H33N3O. The molecule has 1 N–H and O–H groups in total. The lowest BCUT2D eigenvalue weighted by Crippen LogP contribution is -2.52. The van der Waals surface area contributed by atoms with Gasteiger partial charge in [-0.15, -0.1) is 0 Å². The fourth-order valence-corrected chi connectivity index (χ4v) is 5.33. The summed E-state index contributed by atoms with van der Waals surface area (Å²) in [6.45, 7) is 7.72. The highest BCUT2D eigenvalue weighted by Crippen LogP contribution is 2.41. The average molecular weight is 380 g/mol. The number of carbonyl (C=O) groups is 1. The molecule has 2 fully saturated rings. The van der Waals surface area contributed by atoms with E-state index in [0.29, 0.717) is 11.8 Å². The predicted octanol–water partition coefficient (Wildman–Crippen LogP) is 5.24. The highest BCUT2D eigenvalue weighted by atomic mass is 16.2. The standard InChI is InChI=1S/C24H33N3O/c1-24(2,3)27-15-13-20(17-8-5-4-6-9-17)22(27)23(28)26-19-11-12-21-18(16-19)10-7-14-25-21/h7,10-12,14,16-17,20,22H,4-6,8-9,13,15H2,1-3H3,(H,26,28)/t20-,22-/m0/s1. The fourth-order valence-electron chi connectivity index (χ4n) is 5.33. The van der Waals surface area contributed by atoms with Crippen LogP contribution in [0.3, 0.4) is 0 Å². The molecule has 0 bridgehead atoms. The van der Waals surface area contributed by atoms with Crippen LogP contribution in [-0.2, 0) is 4.79 Å². The molecule has 4 nitrogen and oxygen atoms in total. The van der Waals surface area contributed by atoms with Gasteiger partial charge < -0.3 is 5.32 Å². The number of nitrogens with one attached hydrogen (secondary N) is 1. The molecule has 1 aromatic carbocycles. The summed E-state index contributed by atoms with van der Waals surface area (Å²) in [6.07, 6.45) is 9.51. The van der Waals surface area contributed by atoms with Gasteiger partial charge >= 0.3 is 0 Å². The van der Waals surface area contributed by atoms with E-state index in [1.165, 1.54) is 32.1 Å². The normalized spacial score (nSPS) is 24.5. The lowest BCUT2D eigenvalue weighted by Gasteiger charge is -2.39. The topological polar surface area (TPSA) is 45.2 Å². The Morgan fingerprint density at radius 3 is 2.64 bits per heavy atom. The molecule has 28 heavy (non-hydrogen) atoms. The summed E-state index contributed by atoms with van der Waals surface area (Å²) in [5.41, 5.74) is 1.82. The Labute approximate surface area is 168 Å². The molecule has 2 aromatic rings. The Kier molecular flexibility index (Phi) is 5.42. The Bertz CT molecular complexity index is 835. The first-order valence-corrected chi connectivity index (χ1v) is 10.9. The van der Waals surface area contributed by atoms with E-state index in [4.69, 9.17) is 0 Å². The number of carbonyl (C=O) groups excluding carboxylic acids is 1. The molecule has 1 aliphatic carbocycles. The van der Waals surface area contributed by atoms with Gasteiger partial charge in [-0.25, -0.2) is 0 Å². The first kappa shape index (κ1) is 19.4. The van der Waals surface area contributed by atoms with E-state index in [2.05, 4.69) is 36.0 Å². The van der Waals surface area contributed by atoms with Gasteiger partial charge in [0.05, 0.1) is 11.6 Å². The highest BCUT2D eigenvalue weighted by Gasteiger charge is 2.46. The summed E-state index contributed by atoms with van der Waals surface area (Å²) >= 11 is 0. The van der Waals surface area contributed by atoms with Crippen LogP contribution in [0.25, 0.3) is 10.9 Å². The van der Waals surface area contributed by atoms with Crippen molar-refractivity contribution in [1.82, 2.24) is 9.88 Å². The summed E-state index contributed by atoms with van der Waals surface area (Å²) in [4.78, 5) is 20.3. The van der Waals surface area contributed by atoms with Crippen molar-refractivity contribution < 1.29 is 4.79 Å². The minimum absolute atomic E-state index is 0.00126. The third-order valence-corrected chi connectivity index (χ3v) is 6.70. The summed E-state index contributed by atoms with van der Waals surface area (Å²) in [6, 6.07) is 9.93. The van der Waals surface area contributed by atoms with Crippen molar-refractivity contribution >= 4 is 22.5 Å². The maximum absolute atomic E-state index is 13.5. The fraction of sp³-hybridized carbons (Fsp3) is 0.583. The van der Waals surface area contributed by atoms with Gasteiger partial charge in [-0.3, -0.25) is 14.7 Å². The number of benzene rings is 1. The average Bonchev–Trinajstić information content (AvgIpc) is 3.14. The zero-order valence-electron chi connectivity index (χ0n) is 17.4. The van der Waals surface area contributed by atoms with Crippen LogP contribution in [0.5, 0.6) is 0 Å². The van der Waals surface area contributed by atoms with Crippen molar-refractivity contribution in [2.45, 2.75) is 70.9 Å². The SMILES string of the molecule is CC(C)(C)N1CC[C@@H](C2CCCCC2)[C@H]1C(=O)Nc1ccc2ncccc2c1. The van der Waals surface area contributed by atoms with Crippen LogP contribution >= 0.6 is 0 Å². The molecule has 0 spiro atoms. The molecular weight excluding hydrogens is 346 g/mol. The summed E-state index contributed by atoms with van der Waals surface area (Å²) in [7, 11) is 0. The van der Waals surface area contributed by atoms with Crippen LogP contribution < -0.4 is 5.32 Å². The van der Waals surface area contributed by atoms with E-state index in [-0.39, 0.29) is 17.5 Å². The van der Waals surface area contributed by atoms with E-state index >= 15 is 0 Å². The minimum Gasteiger partial charge on any atom is -0.325 e. The van der Waals surface area contributed by atoms with Gasteiger partial charge in [0.1, 0.15) is 0 Å². The van der Waals surface area contributed by atoms with Gasteiger partial charge in [-0.1, -0.05) is 38.2 Å². The Morgan fingerprint density at radius 1 is 1.11 bits per heavy atom. The smallest absolute Gasteiger partial charge is 0.242 e. The van der Waals surface area contributed by atoms with Crippen molar-refractivity contribution in [2.24, 2.45) is 11.8 Å². The van der Waals surface area contributed by atoms with Crippen LogP contribution in [0.1, 0.15) is 59.3 Å². The summed E-state index contributed by atoms with van der Waals surface area (Å²) < 4.78 is 0. The van der Waals surface area contributed by atoms with Gasteiger partial charge in [-0.05, 0) is 69.8 Å². The van der Waals surface area contributed by atoms with E-state index in [1.807, 2.05) is 30.3 Å². The Hall–Kier alpha value is -1.94. The third kappa shape index (κ3) is 3.93. The van der Waals surface area contributed by atoms with Crippen LogP contribution in [0, 0.1) is 11.8 Å². The number of rotatable bonds is 3. The molecule has 0 radical (unpaired) electrons.